The number of carbonyl (C=O) groups excluding carboxylic acids is 1. The van der Waals surface area contributed by atoms with Gasteiger partial charge in [0.05, 0.1) is 0 Å². The van der Waals surface area contributed by atoms with Crippen LogP contribution < -0.4 is 11.5 Å². The Bertz CT molecular complexity index is 52.8. The van der Waals surface area contributed by atoms with E-state index >= 15 is 0 Å². The van der Waals surface area contributed by atoms with Crippen molar-refractivity contribution in [2.75, 3.05) is 0 Å². The van der Waals surface area contributed by atoms with Crippen LogP contribution in [-0.4, -0.2) is 5.91 Å². The van der Waals surface area contributed by atoms with Crippen LogP contribution >= 0.6 is 0 Å². The summed E-state index contributed by atoms with van der Waals surface area (Å²) in [4.78, 5) is 9.71. The Morgan fingerprint density at radius 2 is 2.33 bits per heavy atom. The third-order valence-corrected chi connectivity index (χ3v) is 0.319. The lowest BCUT2D eigenvalue weighted by atomic mass is 10.4. The first kappa shape index (κ1) is 5.43. The van der Waals surface area contributed by atoms with Crippen LogP contribution in [0.25, 0.3) is 0 Å². The fourth-order valence-electron chi connectivity index (χ4n) is 0.116. The lowest BCUT2D eigenvalue weighted by Gasteiger charge is -1.81. The van der Waals surface area contributed by atoms with Gasteiger partial charge in [-0.15, -0.1) is 0 Å². The third kappa shape index (κ3) is 3.43. The molecule has 1 radical (unpaired) electrons. The van der Waals surface area contributed by atoms with E-state index in [0.29, 0.717) is 0 Å². The van der Waals surface area contributed by atoms with Crippen LogP contribution in [0.15, 0.2) is 0 Å². The van der Waals surface area contributed by atoms with E-state index in [-0.39, 0.29) is 6.42 Å². The largest absolute Gasteiger partial charge is 0.370 e. The van der Waals surface area contributed by atoms with Gasteiger partial charge < -0.3 is 11.5 Å². The molecule has 0 aliphatic heterocycles. The van der Waals surface area contributed by atoms with Crippen molar-refractivity contribution in [3.8, 4) is 0 Å². The summed E-state index contributed by atoms with van der Waals surface area (Å²) in [5.74, 6) is -0.391. The highest BCUT2D eigenvalue weighted by atomic mass is 16.1. The number of carbonyl (C=O) groups is 1. The lowest BCUT2D eigenvalue weighted by molar-refractivity contribution is -0.117. The summed E-state index contributed by atoms with van der Waals surface area (Å²) >= 11 is 0. The zero-order valence-electron chi connectivity index (χ0n) is 3.35. The van der Waals surface area contributed by atoms with Gasteiger partial charge in [0, 0.05) is 13.0 Å². The quantitative estimate of drug-likeness (QED) is 0.452. The zero-order valence-corrected chi connectivity index (χ0v) is 3.35. The van der Waals surface area contributed by atoms with Gasteiger partial charge in [0.15, 0.2) is 0 Å². The molecule has 3 nitrogen and oxygen atoms in total. The molecule has 1 amide bonds. The summed E-state index contributed by atoms with van der Waals surface area (Å²) < 4.78 is 0. The summed E-state index contributed by atoms with van der Waals surface area (Å²) in [5, 5.41) is 0. The standard InChI is InChI=1S/C3H7N2O/c4-2-1-3(5)6/h2H,1,4H2,(H2,5,6). The highest BCUT2D eigenvalue weighted by Gasteiger charge is 1.85. The van der Waals surface area contributed by atoms with Crippen molar-refractivity contribution in [3.63, 3.8) is 0 Å². The first-order valence-corrected chi connectivity index (χ1v) is 1.59. The average molecular weight is 87.1 g/mol. The number of rotatable bonds is 2. The topological polar surface area (TPSA) is 69.1 Å². The number of primary amides is 1. The average Bonchev–Trinajstić information content (AvgIpc) is 1.35. The van der Waals surface area contributed by atoms with Gasteiger partial charge in [0.1, 0.15) is 0 Å². The van der Waals surface area contributed by atoms with Crippen molar-refractivity contribution in [2.45, 2.75) is 6.42 Å². The molecule has 0 heterocycles. The summed E-state index contributed by atoms with van der Waals surface area (Å²) in [6.07, 6.45) is 0.167. The van der Waals surface area contributed by atoms with Crippen molar-refractivity contribution < 1.29 is 4.79 Å². The predicted molar refractivity (Wildman–Crippen MR) is 22.3 cm³/mol. The van der Waals surface area contributed by atoms with Crippen LogP contribution in [0.2, 0.25) is 0 Å². The Balaban J connectivity index is 2.83. The van der Waals surface area contributed by atoms with Crippen LogP contribution in [-0.2, 0) is 4.79 Å². The summed E-state index contributed by atoms with van der Waals surface area (Å²) in [6.45, 7) is 1.22. The molecule has 0 saturated carbocycles. The lowest BCUT2D eigenvalue weighted by Crippen LogP contribution is -2.12. The second-order valence-electron chi connectivity index (χ2n) is 0.906. The second-order valence-corrected chi connectivity index (χ2v) is 0.906. The molecule has 0 atom stereocenters. The smallest absolute Gasteiger partial charge is 0.219 e. The summed E-state index contributed by atoms with van der Waals surface area (Å²) in [6, 6.07) is 0. The van der Waals surface area contributed by atoms with Gasteiger partial charge in [-0.2, -0.15) is 0 Å². The minimum Gasteiger partial charge on any atom is -0.370 e. The maximum Gasteiger partial charge on any atom is 0.219 e. The Kier molecular flexibility index (Phi) is 2.40. The Morgan fingerprint density at radius 1 is 1.83 bits per heavy atom. The van der Waals surface area contributed by atoms with Gasteiger partial charge >= 0.3 is 0 Å². The van der Waals surface area contributed by atoms with Crippen LogP contribution in [0.5, 0.6) is 0 Å². The van der Waals surface area contributed by atoms with Crippen LogP contribution in [0.3, 0.4) is 0 Å². The van der Waals surface area contributed by atoms with Crippen molar-refractivity contribution in [2.24, 2.45) is 11.5 Å². The molecule has 6 heavy (non-hydrogen) atoms. The normalized spacial score (nSPS) is 8.17. The van der Waals surface area contributed by atoms with Crippen molar-refractivity contribution in [1.82, 2.24) is 0 Å². The molecule has 0 bridgehead atoms. The van der Waals surface area contributed by atoms with E-state index in [4.69, 9.17) is 5.73 Å². The Morgan fingerprint density at radius 3 is 2.33 bits per heavy atom. The van der Waals surface area contributed by atoms with E-state index in [1.807, 2.05) is 0 Å². The number of nitrogens with two attached hydrogens (primary N) is 2. The fraction of sp³-hybridized carbons (Fsp3) is 0.333. The maximum absolute atomic E-state index is 9.71. The molecule has 0 aliphatic carbocycles. The molecular formula is C3H7N2O. The maximum atomic E-state index is 9.71. The van der Waals surface area contributed by atoms with Crippen molar-refractivity contribution >= 4 is 5.91 Å². The van der Waals surface area contributed by atoms with E-state index in [0.717, 1.165) is 0 Å². The van der Waals surface area contributed by atoms with E-state index in [1.165, 1.54) is 6.54 Å². The molecule has 0 fully saturated rings. The molecule has 0 saturated heterocycles. The van der Waals surface area contributed by atoms with Gasteiger partial charge in [-0.3, -0.25) is 4.79 Å². The van der Waals surface area contributed by atoms with E-state index in [9.17, 15) is 4.79 Å². The molecule has 0 aromatic heterocycles. The molecular weight excluding hydrogens is 80.0 g/mol. The Labute approximate surface area is 36.3 Å². The van der Waals surface area contributed by atoms with Crippen molar-refractivity contribution in [3.05, 3.63) is 6.54 Å². The van der Waals surface area contributed by atoms with Crippen molar-refractivity contribution in [1.29, 1.82) is 0 Å². The van der Waals surface area contributed by atoms with Gasteiger partial charge in [0.25, 0.3) is 0 Å². The van der Waals surface area contributed by atoms with E-state index in [2.05, 4.69) is 5.73 Å². The molecule has 4 N–H and O–H groups in total. The minimum absolute atomic E-state index is 0.167. The predicted octanol–water partition coefficient (Wildman–Crippen LogP) is -1.02. The van der Waals surface area contributed by atoms with Crippen LogP contribution in [0.1, 0.15) is 6.42 Å². The summed E-state index contributed by atoms with van der Waals surface area (Å²) in [5.41, 5.74) is 9.46. The Hall–Kier alpha value is -0.570. The third-order valence-electron chi connectivity index (χ3n) is 0.319. The number of hydrogen-bond donors (Lipinski definition) is 2. The minimum atomic E-state index is -0.391. The highest BCUT2D eigenvalue weighted by Crippen LogP contribution is 1.70. The first-order valence-electron chi connectivity index (χ1n) is 1.59. The van der Waals surface area contributed by atoms with E-state index < -0.39 is 5.91 Å². The second kappa shape index (κ2) is 2.66. The number of hydrogen-bond acceptors (Lipinski definition) is 2. The molecule has 0 spiro atoms. The molecule has 0 rings (SSSR count). The molecule has 0 unspecified atom stereocenters. The molecule has 0 aromatic rings. The molecule has 0 aromatic carbocycles. The van der Waals surface area contributed by atoms with E-state index in [1.54, 1.807) is 0 Å². The SMILES string of the molecule is N[CH]CC(N)=O. The van der Waals surface area contributed by atoms with Crippen LogP contribution in [0, 0.1) is 6.54 Å². The molecule has 0 aliphatic rings. The fourth-order valence-corrected chi connectivity index (χ4v) is 0.116. The monoisotopic (exact) mass is 87.1 g/mol. The van der Waals surface area contributed by atoms with Gasteiger partial charge in [-0.25, -0.2) is 0 Å². The molecule has 35 valence electrons. The zero-order chi connectivity index (χ0) is 4.99. The summed E-state index contributed by atoms with van der Waals surface area (Å²) in [7, 11) is 0. The van der Waals surface area contributed by atoms with Gasteiger partial charge in [-0.1, -0.05) is 0 Å². The van der Waals surface area contributed by atoms with Gasteiger partial charge in [0.2, 0.25) is 5.91 Å². The van der Waals surface area contributed by atoms with Gasteiger partial charge in [-0.05, 0) is 0 Å². The highest BCUT2D eigenvalue weighted by molar-refractivity contribution is 5.74. The van der Waals surface area contributed by atoms with Crippen LogP contribution in [0.4, 0.5) is 0 Å². The first-order chi connectivity index (χ1) is 2.77. The number of amides is 1. The molecule has 3 heteroatoms.